The zero-order chi connectivity index (χ0) is 8.55. The van der Waals surface area contributed by atoms with Gasteiger partial charge in [0.05, 0.1) is 0 Å². The van der Waals surface area contributed by atoms with Gasteiger partial charge in [0, 0.05) is 17.9 Å². The van der Waals surface area contributed by atoms with Crippen molar-refractivity contribution in [3.8, 4) is 0 Å². The van der Waals surface area contributed by atoms with Crippen molar-refractivity contribution in [1.29, 1.82) is 0 Å². The molecule has 0 aromatic carbocycles. The maximum atomic E-state index is 11.7. The summed E-state index contributed by atoms with van der Waals surface area (Å²) >= 11 is 0. The van der Waals surface area contributed by atoms with E-state index < -0.39 is 0 Å². The van der Waals surface area contributed by atoms with E-state index in [2.05, 4.69) is 0 Å². The summed E-state index contributed by atoms with van der Waals surface area (Å²) in [5, 5.41) is 0. The molecule has 2 nitrogen and oxygen atoms in total. The quantitative estimate of drug-likeness (QED) is 0.677. The van der Waals surface area contributed by atoms with E-state index in [1.54, 1.807) is 0 Å². The molecule has 0 bridgehead atoms. The highest BCUT2D eigenvalue weighted by molar-refractivity contribution is 5.84. The molecule has 2 atom stereocenters. The molecule has 2 rings (SSSR count). The minimum Gasteiger partial charge on any atom is -0.328 e. The summed E-state index contributed by atoms with van der Waals surface area (Å²) in [6, 6.07) is 0.305. The molecule has 2 N–H and O–H groups in total. The van der Waals surface area contributed by atoms with Crippen molar-refractivity contribution in [2.24, 2.45) is 17.6 Å². The van der Waals surface area contributed by atoms with Crippen molar-refractivity contribution in [1.82, 2.24) is 0 Å². The van der Waals surface area contributed by atoms with Crippen molar-refractivity contribution in [2.75, 3.05) is 0 Å². The van der Waals surface area contributed by atoms with E-state index in [4.69, 9.17) is 5.73 Å². The molecule has 0 heterocycles. The molecule has 2 heteroatoms. The molecule has 12 heavy (non-hydrogen) atoms. The molecule has 0 aliphatic heterocycles. The van der Waals surface area contributed by atoms with E-state index in [9.17, 15) is 4.79 Å². The standard InChI is InChI=1S/C10H17NO/c11-9-5-4-8(6-9)10(12)7-2-1-3-7/h7-9H,1-6,11H2. The van der Waals surface area contributed by atoms with E-state index in [1.165, 1.54) is 6.42 Å². The SMILES string of the molecule is NC1CCC(C(=O)C2CCC2)C1. The van der Waals surface area contributed by atoms with Crippen molar-refractivity contribution >= 4 is 5.78 Å². The summed E-state index contributed by atoms with van der Waals surface area (Å²) in [6.45, 7) is 0. The molecule has 2 saturated carbocycles. The van der Waals surface area contributed by atoms with Gasteiger partial charge in [-0.3, -0.25) is 4.79 Å². The Morgan fingerprint density at radius 1 is 1.08 bits per heavy atom. The number of carbonyl (C=O) groups excluding carboxylic acids is 1. The van der Waals surface area contributed by atoms with Crippen LogP contribution in [0, 0.1) is 11.8 Å². The van der Waals surface area contributed by atoms with Gasteiger partial charge in [-0.2, -0.15) is 0 Å². The fourth-order valence-corrected chi connectivity index (χ4v) is 2.30. The highest BCUT2D eigenvalue weighted by atomic mass is 16.1. The zero-order valence-corrected chi connectivity index (χ0v) is 7.46. The predicted molar refractivity (Wildman–Crippen MR) is 47.7 cm³/mol. The Morgan fingerprint density at radius 3 is 2.25 bits per heavy atom. The first-order chi connectivity index (χ1) is 5.77. The molecule has 0 amide bonds. The van der Waals surface area contributed by atoms with Gasteiger partial charge in [0.15, 0.2) is 0 Å². The van der Waals surface area contributed by atoms with Gasteiger partial charge in [-0.15, -0.1) is 0 Å². The lowest BCUT2D eigenvalue weighted by Crippen LogP contribution is -2.28. The second-order valence-electron chi connectivity index (χ2n) is 4.30. The fraction of sp³-hybridized carbons (Fsp3) is 0.900. The van der Waals surface area contributed by atoms with Crippen LogP contribution in [0.25, 0.3) is 0 Å². The molecule has 2 fully saturated rings. The summed E-state index contributed by atoms with van der Waals surface area (Å²) in [6.07, 6.45) is 6.61. The Bertz CT molecular complexity index is 186. The van der Waals surface area contributed by atoms with Gasteiger partial charge in [-0.05, 0) is 32.1 Å². The van der Waals surface area contributed by atoms with Crippen LogP contribution in [0.15, 0.2) is 0 Å². The first-order valence-electron chi connectivity index (χ1n) is 5.06. The van der Waals surface area contributed by atoms with Gasteiger partial charge >= 0.3 is 0 Å². The summed E-state index contributed by atoms with van der Waals surface area (Å²) in [5.41, 5.74) is 5.77. The molecule has 2 aliphatic carbocycles. The van der Waals surface area contributed by atoms with Crippen LogP contribution in [0.1, 0.15) is 38.5 Å². The van der Waals surface area contributed by atoms with Gasteiger partial charge < -0.3 is 5.73 Å². The molecule has 0 aromatic rings. The summed E-state index contributed by atoms with van der Waals surface area (Å²) in [7, 11) is 0. The Kier molecular flexibility index (Phi) is 2.18. The molecule has 2 unspecified atom stereocenters. The van der Waals surface area contributed by atoms with E-state index >= 15 is 0 Å². The number of ketones is 1. The lowest BCUT2D eigenvalue weighted by Gasteiger charge is -2.26. The van der Waals surface area contributed by atoms with E-state index in [0.717, 1.165) is 32.1 Å². The number of hydrogen-bond donors (Lipinski definition) is 1. The number of hydrogen-bond acceptors (Lipinski definition) is 2. The molecule has 2 aliphatic rings. The first-order valence-corrected chi connectivity index (χ1v) is 5.06. The van der Waals surface area contributed by atoms with Crippen LogP contribution >= 0.6 is 0 Å². The van der Waals surface area contributed by atoms with Crippen LogP contribution in [0.4, 0.5) is 0 Å². The highest BCUT2D eigenvalue weighted by Gasteiger charge is 2.34. The number of Topliss-reactive ketones (excluding diaryl/α,β-unsaturated/α-hetero) is 1. The van der Waals surface area contributed by atoms with E-state index in [0.29, 0.717) is 23.7 Å². The van der Waals surface area contributed by atoms with Gasteiger partial charge in [0.25, 0.3) is 0 Å². The Hall–Kier alpha value is -0.370. The molecular weight excluding hydrogens is 150 g/mol. The minimum atomic E-state index is 0.305. The molecule has 0 saturated heterocycles. The summed E-state index contributed by atoms with van der Waals surface area (Å²) in [4.78, 5) is 11.7. The molecule has 0 aromatic heterocycles. The number of rotatable bonds is 2. The normalized spacial score (nSPS) is 36.4. The second-order valence-corrected chi connectivity index (χ2v) is 4.30. The third kappa shape index (κ3) is 1.40. The Labute approximate surface area is 73.5 Å². The molecule has 68 valence electrons. The topological polar surface area (TPSA) is 43.1 Å². The van der Waals surface area contributed by atoms with Crippen LogP contribution in [0.3, 0.4) is 0 Å². The zero-order valence-electron chi connectivity index (χ0n) is 7.46. The van der Waals surface area contributed by atoms with E-state index in [1.807, 2.05) is 0 Å². The van der Waals surface area contributed by atoms with Crippen molar-refractivity contribution < 1.29 is 4.79 Å². The van der Waals surface area contributed by atoms with Crippen molar-refractivity contribution in [2.45, 2.75) is 44.6 Å². The maximum absolute atomic E-state index is 11.7. The highest BCUT2D eigenvalue weighted by Crippen LogP contribution is 2.35. The summed E-state index contributed by atoms with van der Waals surface area (Å²) < 4.78 is 0. The van der Waals surface area contributed by atoms with Crippen molar-refractivity contribution in [3.05, 3.63) is 0 Å². The monoisotopic (exact) mass is 167 g/mol. The van der Waals surface area contributed by atoms with Gasteiger partial charge in [-0.1, -0.05) is 6.42 Å². The molecule has 0 spiro atoms. The summed E-state index contributed by atoms with van der Waals surface area (Å²) in [5.74, 6) is 1.26. The lowest BCUT2D eigenvalue weighted by atomic mass is 9.77. The minimum absolute atomic E-state index is 0.305. The maximum Gasteiger partial charge on any atom is 0.139 e. The third-order valence-corrected chi connectivity index (χ3v) is 3.38. The molecule has 0 radical (unpaired) electrons. The Morgan fingerprint density at radius 2 is 1.83 bits per heavy atom. The fourth-order valence-electron chi connectivity index (χ4n) is 2.30. The average Bonchev–Trinajstić information content (AvgIpc) is 2.31. The second kappa shape index (κ2) is 3.17. The van der Waals surface area contributed by atoms with Crippen LogP contribution in [-0.4, -0.2) is 11.8 Å². The van der Waals surface area contributed by atoms with Crippen LogP contribution in [-0.2, 0) is 4.79 Å². The number of carbonyl (C=O) groups is 1. The van der Waals surface area contributed by atoms with Crippen LogP contribution < -0.4 is 5.73 Å². The third-order valence-electron chi connectivity index (χ3n) is 3.38. The predicted octanol–water partition coefficient (Wildman–Crippen LogP) is 1.48. The largest absolute Gasteiger partial charge is 0.328 e. The van der Waals surface area contributed by atoms with Gasteiger partial charge in [0.1, 0.15) is 5.78 Å². The van der Waals surface area contributed by atoms with Crippen LogP contribution in [0.5, 0.6) is 0 Å². The van der Waals surface area contributed by atoms with Crippen molar-refractivity contribution in [3.63, 3.8) is 0 Å². The van der Waals surface area contributed by atoms with E-state index in [-0.39, 0.29) is 0 Å². The number of nitrogens with two attached hydrogens (primary N) is 1. The average molecular weight is 167 g/mol. The smallest absolute Gasteiger partial charge is 0.139 e. The van der Waals surface area contributed by atoms with Gasteiger partial charge in [0.2, 0.25) is 0 Å². The Balaban J connectivity index is 1.87. The molecular formula is C10H17NO. The first kappa shape index (κ1) is 8.24. The lowest BCUT2D eigenvalue weighted by molar-refractivity contribution is -0.129. The van der Waals surface area contributed by atoms with Crippen LogP contribution in [0.2, 0.25) is 0 Å². The van der Waals surface area contributed by atoms with Gasteiger partial charge in [-0.25, -0.2) is 0 Å².